The van der Waals surface area contributed by atoms with Crippen LogP contribution in [0.3, 0.4) is 0 Å². The number of urea groups is 1. The summed E-state index contributed by atoms with van der Waals surface area (Å²) in [5.74, 6) is 5.24. The smallest absolute Gasteiger partial charge is 0.321 e. The van der Waals surface area contributed by atoms with Crippen LogP contribution in [-0.4, -0.2) is 78.9 Å². The van der Waals surface area contributed by atoms with Gasteiger partial charge < -0.3 is 25.2 Å². The third kappa shape index (κ3) is 6.56. The third-order valence-electron chi connectivity index (χ3n) is 5.92. The van der Waals surface area contributed by atoms with Gasteiger partial charge in [-0.25, -0.2) is 13.2 Å². The maximum atomic E-state index is 13.5. The van der Waals surface area contributed by atoms with E-state index in [0.29, 0.717) is 11.3 Å². The first kappa shape index (κ1) is 27.5. The summed E-state index contributed by atoms with van der Waals surface area (Å²) in [6.07, 6.45) is -1.40. The lowest BCUT2D eigenvalue weighted by atomic mass is 10.0. The Balaban J connectivity index is 1.96. The number of aliphatic hydroxyl groups is 2. The number of nitrogens with one attached hydrogen (secondary N) is 1. The number of hydrogen-bond acceptors (Lipinski definition) is 6. The van der Waals surface area contributed by atoms with Crippen LogP contribution < -0.4 is 10.1 Å². The molecule has 1 aliphatic heterocycles. The summed E-state index contributed by atoms with van der Waals surface area (Å²) >= 11 is 0. The maximum Gasteiger partial charge on any atom is 0.321 e. The van der Waals surface area contributed by atoms with Gasteiger partial charge in [-0.1, -0.05) is 37.0 Å². The average molecular weight is 516 g/mol. The normalized spacial score (nSPS) is 20.8. The molecule has 4 atom stereocenters. The van der Waals surface area contributed by atoms with Crippen LogP contribution in [0.2, 0.25) is 0 Å². The van der Waals surface area contributed by atoms with E-state index in [1.165, 1.54) is 28.3 Å². The molecule has 194 valence electrons. The fourth-order valence-corrected chi connectivity index (χ4v) is 5.63. The highest BCUT2D eigenvalue weighted by Gasteiger charge is 2.38. The second kappa shape index (κ2) is 11.8. The number of rotatable bonds is 5. The van der Waals surface area contributed by atoms with Gasteiger partial charge in [-0.3, -0.25) is 0 Å². The van der Waals surface area contributed by atoms with Crippen molar-refractivity contribution in [3.05, 3.63) is 54.1 Å². The van der Waals surface area contributed by atoms with E-state index in [4.69, 9.17) is 4.74 Å². The average Bonchev–Trinajstić information content (AvgIpc) is 2.84. The predicted molar refractivity (Wildman–Crippen MR) is 137 cm³/mol. The van der Waals surface area contributed by atoms with Crippen molar-refractivity contribution in [1.82, 2.24) is 9.21 Å². The molecule has 0 fully saturated rings. The number of nitrogens with zero attached hydrogens (tertiary/aromatic N) is 2. The van der Waals surface area contributed by atoms with Crippen molar-refractivity contribution in [3.63, 3.8) is 0 Å². The number of carbonyl (C=O) groups excluding carboxylic acids is 1. The number of ether oxygens (including phenoxy) is 1. The van der Waals surface area contributed by atoms with Crippen LogP contribution in [0.1, 0.15) is 26.3 Å². The van der Waals surface area contributed by atoms with Crippen LogP contribution in [0.25, 0.3) is 0 Å². The standard InChI is InChI=1S/C26H33N3O6S/c1-18-15-29(19(2)17-30)36(33,34)25-13-12-21(11-10-20(3)31)14-23(25)35-24(18)16-28(4)26(32)27-22-8-6-5-7-9-22/h5-9,12-14,18-20,24,30-31H,15-17H2,1-4H3,(H,27,32)/t18-,19-,20+,24-/m0/s1. The Morgan fingerprint density at radius 1 is 1.25 bits per heavy atom. The number of aliphatic hydroxyl groups excluding tert-OH is 2. The van der Waals surface area contributed by atoms with E-state index in [1.807, 2.05) is 25.1 Å². The molecule has 0 aromatic heterocycles. The molecule has 2 aromatic carbocycles. The van der Waals surface area contributed by atoms with Gasteiger partial charge >= 0.3 is 6.03 Å². The minimum Gasteiger partial charge on any atom is -0.487 e. The fraction of sp³-hybridized carbons (Fsp3) is 0.423. The van der Waals surface area contributed by atoms with Gasteiger partial charge in [-0.2, -0.15) is 4.31 Å². The van der Waals surface area contributed by atoms with Gasteiger partial charge in [0.15, 0.2) is 0 Å². The lowest BCUT2D eigenvalue weighted by molar-refractivity contribution is 0.0830. The third-order valence-corrected chi connectivity index (χ3v) is 7.94. The second-order valence-electron chi connectivity index (χ2n) is 9.02. The van der Waals surface area contributed by atoms with Gasteiger partial charge in [0.1, 0.15) is 22.9 Å². The van der Waals surface area contributed by atoms with Crippen molar-refractivity contribution in [2.45, 2.75) is 43.9 Å². The Labute approximate surface area is 212 Å². The van der Waals surface area contributed by atoms with E-state index in [1.54, 1.807) is 32.2 Å². The Morgan fingerprint density at radius 2 is 1.94 bits per heavy atom. The molecule has 0 spiro atoms. The maximum absolute atomic E-state index is 13.5. The van der Waals surface area contributed by atoms with Crippen molar-refractivity contribution in [2.24, 2.45) is 5.92 Å². The van der Waals surface area contributed by atoms with E-state index in [-0.39, 0.29) is 42.3 Å². The van der Waals surface area contributed by atoms with Gasteiger partial charge in [0, 0.05) is 36.8 Å². The van der Waals surface area contributed by atoms with E-state index >= 15 is 0 Å². The first-order valence-corrected chi connectivity index (χ1v) is 13.2. The lowest BCUT2D eigenvalue weighted by Crippen LogP contribution is -2.50. The van der Waals surface area contributed by atoms with E-state index in [0.717, 1.165) is 0 Å². The zero-order valence-electron chi connectivity index (χ0n) is 20.9. The van der Waals surface area contributed by atoms with Gasteiger partial charge in [0.2, 0.25) is 10.0 Å². The van der Waals surface area contributed by atoms with Gasteiger partial charge in [0.05, 0.1) is 13.2 Å². The van der Waals surface area contributed by atoms with Crippen LogP contribution in [0, 0.1) is 17.8 Å². The molecule has 0 saturated heterocycles. The summed E-state index contributed by atoms with van der Waals surface area (Å²) in [4.78, 5) is 14.2. The van der Waals surface area contributed by atoms with E-state index < -0.39 is 28.3 Å². The minimum absolute atomic E-state index is 0.0429. The van der Waals surface area contributed by atoms with Crippen molar-refractivity contribution >= 4 is 21.7 Å². The number of likely N-dealkylation sites (N-methyl/N-ethyl adjacent to an activating group) is 1. The summed E-state index contributed by atoms with van der Waals surface area (Å²) in [6, 6.07) is 12.6. The van der Waals surface area contributed by atoms with Gasteiger partial charge in [-0.15, -0.1) is 0 Å². The van der Waals surface area contributed by atoms with Crippen LogP contribution in [0.4, 0.5) is 10.5 Å². The molecule has 0 bridgehead atoms. The first-order chi connectivity index (χ1) is 17.0. The molecule has 2 amide bonds. The van der Waals surface area contributed by atoms with Crippen molar-refractivity contribution in [3.8, 4) is 17.6 Å². The van der Waals surface area contributed by atoms with Crippen molar-refractivity contribution in [2.75, 3.05) is 32.1 Å². The highest BCUT2D eigenvalue weighted by atomic mass is 32.2. The molecule has 3 rings (SSSR count). The monoisotopic (exact) mass is 515 g/mol. The molecule has 0 unspecified atom stereocenters. The van der Waals surface area contributed by atoms with E-state index in [2.05, 4.69) is 17.2 Å². The van der Waals surface area contributed by atoms with Crippen molar-refractivity contribution < 1.29 is 28.2 Å². The SMILES string of the molecule is C[C@@H](O)C#Cc1ccc2c(c1)O[C@@H](CN(C)C(=O)Nc1ccccc1)[C@@H](C)CN([C@@H](C)CO)S2(=O)=O. The molecule has 0 aliphatic carbocycles. The predicted octanol–water partition coefficient (Wildman–Crippen LogP) is 2.35. The molecule has 0 saturated carbocycles. The van der Waals surface area contributed by atoms with Crippen LogP contribution in [-0.2, 0) is 10.0 Å². The number of carbonyl (C=O) groups is 1. The zero-order valence-corrected chi connectivity index (χ0v) is 21.7. The largest absolute Gasteiger partial charge is 0.487 e. The number of para-hydroxylation sites is 1. The Morgan fingerprint density at radius 3 is 2.58 bits per heavy atom. The molecule has 0 radical (unpaired) electrons. The molecule has 2 aromatic rings. The Hall–Kier alpha value is -3.10. The highest BCUT2D eigenvalue weighted by Crippen LogP contribution is 2.34. The molecule has 1 aliphatic rings. The molecular formula is C26H33N3O6S. The van der Waals surface area contributed by atoms with Crippen molar-refractivity contribution in [1.29, 1.82) is 0 Å². The number of benzene rings is 2. The Kier molecular flexibility index (Phi) is 8.98. The molecule has 3 N–H and O–H groups in total. The van der Waals surface area contributed by atoms with Crippen LogP contribution >= 0.6 is 0 Å². The molecule has 10 heteroatoms. The number of fused-ring (bicyclic) bond motifs is 1. The quantitative estimate of drug-likeness (QED) is 0.526. The minimum atomic E-state index is -3.99. The lowest BCUT2D eigenvalue weighted by Gasteiger charge is -2.37. The molecule has 1 heterocycles. The Bertz CT molecular complexity index is 1220. The zero-order chi connectivity index (χ0) is 26.5. The second-order valence-corrected chi connectivity index (χ2v) is 10.9. The topological polar surface area (TPSA) is 119 Å². The molecule has 36 heavy (non-hydrogen) atoms. The van der Waals surface area contributed by atoms with Crippen LogP contribution in [0.5, 0.6) is 5.75 Å². The number of anilines is 1. The van der Waals surface area contributed by atoms with Gasteiger partial charge in [0.25, 0.3) is 0 Å². The molecular weight excluding hydrogens is 482 g/mol. The van der Waals surface area contributed by atoms with Gasteiger partial charge in [-0.05, 0) is 44.2 Å². The van der Waals surface area contributed by atoms with Crippen LogP contribution in [0.15, 0.2) is 53.4 Å². The summed E-state index contributed by atoms with van der Waals surface area (Å²) in [5, 5.41) is 22.1. The number of hydrogen-bond donors (Lipinski definition) is 3. The van der Waals surface area contributed by atoms with E-state index in [9.17, 15) is 23.4 Å². The summed E-state index contributed by atoms with van der Waals surface area (Å²) in [7, 11) is -2.34. The highest BCUT2D eigenvalue weighted by molar-refractivity contribution is 7.89. The number of amides is 2. The summed E-state index contributed by atoms with van der Waals surface area (Å²) in [6.45, 7) is 4.97. The molecule has 9 nitrogen and oxygen atoms in total. The summed E-state index contributed by atoms with van der Waals surface area (Å²) < 4.78 is 34.6. The summed E-state index contributed by atoms with van der Waals surface area (Å²) in [5.41, 5.74) is 1.13. The first-order valence-electron chi connectivity index (χ1n) is 11.7. The fourth-order valence-electron chi connectivity index (χ4n) is 3.80. The number of sulfonamides is 1.